The van der Waals surface area contributed by atoms with Crippen molar-refractivity contribution in [3.05, 3.63) is 33.8 Å². The molecule has 0 heterocycles. The molecule has 100 valence electrons. The predicted octanol–water partition coefficient (Wildman–Crippen LogP) is 3.04. The molecule has 0 spiro atoms. The maximum atomic E-state index is 12.1. The Hall–Kier alpha value is -1.08. The lowest BCUT2D eigenvalue weighted by molar-refractivity contribution is -0.143. The quantitative estimate of drug-likeness (QED) is 0.894. The standard InChI is InChI=1S/C11H11BrF3NO2/c1-6-2-3-7(8(12)4-6)9(10(17)18)16-5-11(13,14)15/h2-4,9,16H,5H2,1H3,(H,17,18). The van der Waals surface area contributed by atoms with Crippen molar-refractivity contribution in [2.75, 3.05) is 6.54 Å². The van der Waals surface area contributed by atoms with Gasteiger partial charge in [0.25, 0.3) is 0 Å². The van der Waals surface area contributed by atoms with E-state index in [0.29, 0.717) is 4.47 Å². The number of carboxylic acids is 1. The zero-order valence-corrected chi connectivity index (χ0v) is 11.0. The maximum Gasteiger partial charge on any atom is 0.401 e. The molecule has 1 aromatic carbocycles. The van der Waals surface area contributed by atoms with E-state index in [4.69, 9.17) is 5.11 Å². The molecule has 0 radical (unpaired) electrons. The second kappa shape index (κ2) is 5.71. The molecule has 0 fully saturated rings. The third-order valence-electron chi connectivity index (χ3n) is 2.22. The number of carbonyl (C=O) groups is 1. The molecule has 2 N–H and O–H groups in total. The minimum Gasteiger partial charge on any atom is -0.480 e. The van der Waals surface area contributed by atoms with E-state index in [9.17, 15) is 18.0 Å². The van der Waals surface area contributed by atoms with Crippen molar-refractivity contribution in [1.29, 1.82) is 0 Å². The minimum atomic E-state index is -4.45. The number of hydrogen-bond acceptors (Lipinski definition) is 2. The van der Waals surface area contributed by atoms with E-state index in [1.807, 2.05) is 5.32 Å². The molecular weight excluding hydrogens is 315 g/mol. The first-order valence-electron chi connectivity index (χ1n) is 4.99. The Morgan fingerprint density at radius 2 is 2.11 bits per heavy atom. The largest absolute Gasteiger partial charge is 0.480 e. The number of aliphatic carboxylic acids is 1. The van der Waals surface area contributed by atoms with Crippen LogP contribution in [0.5, 0.6) is 0 Å². The summed E-state index contributed by atoms with van der Waals surface area (Å²) >= 11 is 3.15. The average molecular weight is 326 g/mol. The molecule has 18 heavy (non-hydrogen) atoms. The van der Waals surface area contributed by atoms with Gasteiger partial charge in [-0.1, -0.05) is 28.1 Å². The summed E-state index contributed by atoms with van der Waals surface area (Å²) in [5, 5.41) is 10.9. The van der Waals surface area contributed by atoms with Gasteiger partial charge in [0.2, 0.25) is 0 Å². The SMILES string of the molecule is Cc1ccc(C(NCC(F)(F)F)C(=O)O)c(Br)c1. The fraction of sp³-hybridized carbons (Fsp3) is 0.364. The summed E-state index contributed by atoms with van der Waals surface area (Å²) in [4.78, 5) is 11.0. The predicted molar refractivity (Wildman–Crippen MR) is 63.3 cm³/mol. The maximum absolute atomic E-state index is 12.1. The molecule has 1 aromatic rings. The zero-order chi connectivity index (χ0) is 13.9. The molecule has 0 aliphatic carbocycles. The normalized spacial score (nSPS) is 13.4. The Bertz CT molecular complexity index is 448. The summed E-state index contributed by atoms with van der Waals surface area (Å²) in [5.41, 5.74) is 1.14. The van der Waals surface area contributed by atoms with Crippen LogP contribution in [0.25, 0.3) is 0 Å². The van der Waals surface area contributed by atoms with Crippen LogP contribution in [0.4, 0.5) is 13.2 Å². The van der Waals surface area contributed by atoms with Crippen molar-refractivity contribution < 1.29 is 23.1 Å². The summed E-state index contributed by atoms with van der Waals surface area (Å²) in [6.07, 6.45) is -4.45. The third kappa shape index (κ3) is 4.30. The van der Waals surface area contributed by atoms with E-state index in [1.165, 1.54) is 6.07 Å². The molecule has 1 rings (SSSR count). The highest BCUT2D eigenvalue weighted by Gasteiger charge is 2.31. The van der Waals surface area contributed by atoms with Gasteiger partial charge in [-0.15, -0.1) is 0 Å². The first kappa shape index (κ1) is 15.0. The Morgan fingerprint density at radius 1 is 1.50 bits per heavy atom. The van der Waals surface area contributed by atoms with Crippen LogP contribution in [0.2, 0.25) is 0 Å². The molecule has 0 aliphatic heterocycles. The number of aryl methyl sites for hydroxylation is 1. The van der Waals surface area contributed by atoms with E-state index in [1.54, 1.807) is 19.1 Å². The lowest BCUT2D eigenvalue weighted by Crippen LogP contribution is -2.36. The molecule has 3 nitrogen and oxygen atoms in total. The monoisotopic (exact) mass is 325 g/mol. The first-order valence-corrected chi connectivity index (χ1v) is 5.79. The number of hydrogen-bond donors (Lipinski definition) is 2. The van der Waals surface area contributed by atoms with Crippen molar-refractivity contribution >= 4 is 21.9 Å². The second-order valence-corrected chi connectivity index (χ2v) is 4.65. The van der Waals surface area contributed by atoms with Crippen molar-refractivity contribution in [3.63, 3.8) is 0 Å². The van der Waals surface area contributed by atoms with Crippen molar-refractivity contribution in [2.45, 2.75) is 19.1 Å². The Kier molecular flexibility index (Phi) is 4.75. The molecular formula is C11H11BrF3NO2. The topological polar surface area (TPSA) is 49.3 Å². The van der Waals surface area contributed by atoms with E-state index in [-0.39, 0.29) is 5.56 Å². The second-order valence-electron chi connectivity index (χ2n) is 3.79. The highest BCUT2D eigenvalue weighted by Crippen LogP contribution is 2.26. The molecule has 0 bridgehead atoms. The van der Waals surface area contributed by atoms with Gasteiger partial charge >= 0.3 is 12.1 Å². The van der Waals surface area contributed by atoms with Gasteiger partial charge in [0, 0.05) is 4.47 Å². The molecule has 0 saturated carbocycles. The number of nitrogens with one attached hydrogen (secondary N) is 1. The van der Waals surface area contributed by atoms with Gasteiger partial charge in [-0.2, -0.15) is 13.2 Å². The highest BCUT2D eigenvalue weighted by molar-refractivity contribution is 9.10. The van der Waals surface area contributed by atoms with Crippen LogP contribution in [0.3, 0.4) is 0 Å². The summed E-state index contributed by atoms with van der Waals surface area (Å²) < 4.78 is 36.7. The number of halogens is 4. The van der Waals surface area contributed by atoms with Gasteiger partial charge in [0.05, 0.1) is 6.54 Å². The van der Waals surface area contributed by atoms with Gasteiger partial charge in [0.15, 0.2) is 0 Å². The van der Waals surface area contributed by atoms with Crippen LogP contribution in [0.1, 0.15) is 17.2 Å². The molecule has 1 unspecified atom stereocenters. The lowest BCUT2D eigenvalue weighted by Gasteiger charge is -2.17. The van der Waals surface area contributed by atoms with Crippen molar-refractivity contribution in [3.8, 4) is 0 Å². The van der Waals surface area contributed by atoms with Crippen molar-refractivity contribution in [1.82, 2.24) is 5.32 Å². The molecule has 0 amide bonds. The van der Waals surface area contributed by atoms with Gasteiger partial charge in [0.1, 0.15) is 6.04 Å². The number of rotatable bonds is 4. The average Bonchev–Trinajstić information content (AvgIpc) is 2.18. The number of carboxylic acid groups (broad SMARTS) is 1. The van der Waals surface area contributed by atoms with Gasteiger partial charge < -0.3 is 5.11 Å². The Balaban J connectivity index is 2.95. The van der Waals surface area contributed by atoms with Gasteiger partial charge in [-0.05, 0) is 24.1 Å². The summed E-state index contributed by atoms with van der Waals surface area (Å²) in [5.74, 6) is -1.36. The van der Waals surface area contributed by atoms with E-state index < -0.39 is 24.7 Å². The summed E-state index contributed by atoms with van der Waals surface area (Å²) in [7, 11) is 0. The highest BCUT2D eigenvalue weighted by atomic mass is 79.9. The van der Waals surface area contributed by atoms with E-state index in [2.05, 4.69) is 15.9 Å². The van der Waals surface area contributed by atoms with Crippen LogP contribution in [0, 0.1) is 6.92 Å². The Labute approximate surface area is 110 Å². The number of alkyl halides is 3. The lowest BCUT2D eigenvalue weighted by atomic mass is 10.1. The smallest absolute Gasteiger partial charge is 0.401 e. The van der Waals surface area contributed by atoms with Crippen LogP contribution in [-0.2, 0) is 4.79 Å². The van der Waals surface area contributed by atoms with Gasteiger partial charge in [-0.3, -0.25) is 10.1 Å². The van der Waals surface area contributed by atoms with Crippen LogP contribution >= 0.6 is 15.9 Å². The zero-order valence-electron chi connectivity index (χ0n) is 9.38. The van der Waals surface area contributed by atoms with Crippen molar-refractivity contribution in [2.24, 2.45) is 0 Å². The number of benzene rings is 1. The molecule has 0 aliphatic rings. The van der Waals surface area contributed by atoms with Crippen LogP contribution in [-0.4, -0.2) is 23.8 Å². The van der Waals surface area contributed by atoms with Gasteiger partial charge in [-0.25, -0.2) is 0 Å². The summed E-state index contributed by atoms with van der Waals surface area (Å²) in [6.45, 7) is 0.442. The third-order valence-corrected chi connectivity index (χ3v) is 2.91. The first-order chi connectivity index (χ1) is 8.20. The molecule has 0 aromatic heterocycles. The molecule has 1 atom stereocenters. The fourth-order valence-corrected chi connectivity index (χ4v) is 2.14. The molecule has 0 saturated heterocycles. The summed E-state index contributed by atoms with van der Waals surface area (Å²) in [6, 6.07) is 3.38. The van der Waals surface area contributed by atoms with Crippen LogP contribution < -0.4 is 5.32 Å². The van der Waals surface area contributed by atoms with Crippen LogP contribution in [0.15, 0.2) is 22.7 Å². The molecule has 7 heteroatoms. The Morgan fingerprint density at radius 3 is 2.56 bits per heavy atom. The minimum absolute atomic E-state index is 0.261. The fourth-order valence-electron chi connectivity index (χ4n) is 1.41. The van der Waals surface area contributed by atoms with E-state index in [0.717, 1.165) is 5.56 Å². The van der Waals surface area contributed by atoms with E-state index >= 15 is 0 Å².